The molecule has 1 aromatic rings. The van der Waals surface area contributed by atoms with E-state index >= 15 is 0 Å². The van der Waals surface area contributed by atoms with Gasteiger partial charge in [0, 0.05) is 0 Å². The molecular formula is C14H21NO2. The number of likely N-dealkylation sites (N-methyl/N-ethyl adjacent to an activating group) is 1. The van der Waals surface area contributed by atoms with Crippen LogP contribution in [0.1, 0.15) is 36.7 Å². The standard InChI is InChI=1S/C14H21NO2/c1-6-15-14(3,4)13(16)11-9-10(2)7-8-12(11)17-5/h7-9,15H,6H2,1-5H3. The molecule has 0 bridgehead atoms. The van der Waals surface area contributed by atoms with Gasteiger partial charge in [0.15, 0.2) is 5.78 Å². The molecule has 0 amide bonds. The van der Waals surface area contributed by atoms with Crippen LogP contribution >= 0.6 is 0 Å². The Balaban J connectivity index is 3.15. The number of carbonyl (C=O) groups excluding carboxylic acids is 1. The largest absolute Gasteiger partial charge is 0.496 e. The van der Waals surface area contributed by atoms with Gasteiger partial charge in [-0.1, -0.05) is 18.6 Å². The number of rotatable bonds is 5. The van der Waals surface area contributed by atoms with Gasteiger partial charge in [-0.15, -0.1) is 0 Å². The molecule has 0 spiro atoms. The Morgan fingerprint density at radius 3 is 2.59 bits per heavy atom. The van der Waals surface area contributed by atoms with Crippen molar-refractivity contribution in [1.82, 2.24) is 5.32 Å². The minimum absolute atomic E-state index is 0.0555. The second kappa shape index (κ2) is 5.32. The van der Waals surface area contributed by atoms with Gasteiger partial charge >= 0.3 is 0 Å². The summed E-state index contributed by atoms with van der Waals surface area (Å²) >= 11 is 0. The molecule has 17 heavy (non-hydrogen) atoms. The average molecular weight is 235 g/mol. The first-order chi connectivity index (χ1) is 7.92. The molecule has 0 heterocycles. The number of hydrogen-bond acceptors (Lipinski definition) is 3. The molecule has 1 rings (SSSR count). The van der Waals surface area contributed by atoms with E-state index in [2.05, 4.69) is 5.32 Å². The van der Waals surface area contributed by atoms with E-state index in [1.165, 1.54) is 0 Å². The normalized spacial score (nSPS) is 11.4. The molecular weight excluding hydrogens is 214 g/mol. The summed E-state index contributed by atoms with van der Waals surface area (Å²) in [5.74, 6) is 0.687. The van der Waals surface area contributed by atoms with Gasteiger partial charge in [-0.05, 0) is 39.4 Å². The van der Waals surface area contributed by atoms with E-state index in [9.17, 15) is 4.79 Å². The minimum Gasteiger partial charge on any atom is -0.496 e. The van der Waals surface area contributed by atoms with E-state index < -0.39 is 5.54 Å². The molecule has 1 N–H and O–H groups in total. The fourth-order valence-electron chi connectivity index (χ4n) is 1.86. The molecule has 3 nitrogen and oxygen atoms in total. The Bertz CT molecular complexity index is 411. The first-order valence-electron chi connectivity index (χ1n) is 5.87. The van der Waals surface area contributed by atoms with E-state index in [4.69, 9.17) is 4.74 Å². The molecule has 94 valence electrons. The summed E-state index contributed by atoms with van der Waals surface area (Å²) in [4.78, 5) is 12.4. The van der Waals surface area contributed by atoms with E-state index in [1.807, 2.05) is 45.9 Å². The van der Waals surface area contributed by atoms with Crippen molar-refractivity contribution >= 4 is 5.78 Å². The zero-order chi connectivity index (χ0) is 13.1. The number of aryl methyl sites for hydroxylation is 1. The third-order valence-corrected chi connectivity index (χ3v) is 2.79. The van der Waals surface area contributed by atoms with E-state index in [1.54, 1.807) is 7.11 Å². The van der Waals surface area contributed by atoms with Gasteiger partial charge in [0.2, 0.25) is 0 Å². The summed E-state index contributed by atoms with van der Waals surface area (Å²) in [6.45, 7) is 8.49. The van der Waals surface area contributed by atoms with Gasteiger partial charge in [-0.2, -0.15) is 0 Å². The number of benzene rings is 1. The van der Waals surface area contributed by atoms with Gasteiger partial charge in [0.05, 0.1) is 18.2 Å². The van der Waals surface area contributed by atoms with E-state index in [-0.39, 0.29) is 5.78 Å². The third kappa shape index (κ3) is 3.07. The SMILES string of the molecule is CCNC(C)(C)C(=O)c1cc(C)ccc1OC. The fourth-order valence-corrected chi connectivity index (χ4v) is 1.86. The maximum absolute atomic E-state index is 12.4. The lowest BCUT2D eigenvalue weighted by molar-refractivity contribution is 0.0880. The van der Waals surface area contributed by atoms with Crippen LogP contribution in [0.5, 0.6) is 5.75 Å². The topological polar surface area (TPSA) is 38.3 Å². The molecule has 1 aromatic carbocycles. The number of ether oxygens (including phenoxy) is 1. The van der Waals surface area contributed by atoms with Crippen molar-refractivity contribution < 1.29 is 9.53 Å². The molecule has 0 aromatic heterocycles. The van der Waals surface area contributed by atoms with Crippen molar-refractivity contribution in [3.63, 3.8) is 0 Å². The van der Waals surface area contributed by atoms with Gasteiger partial charge in [-0.25, -0.2) is 0 Å². The summed E-state index contributed by atoms with van der Waals surface area (Å²) in [5, 5.41) is 3.19. The monoisotopic (exact) mass is 235 g/mol. The molecule has 0 unspecified atom stereocenters. The molecule has 0 saturated carbocycles. The highest BCUT2D eigenvalue weighted by atomic mass is 16.5. The van der Waals surface area contributed by atoms with Crippen molar-refractivity contribution in [2.75, 3.05) is 13.7 Å². The Kier molecular flexibility index (Phi) is 4.29. The minimum atomic E-state index is -0.574. The lowest BCUT2D eigenvalue weighted by Crippen LogP contribution is -2.46. The molecule has 0 atom stereocenters. The Morgan fingerprint density at radius 2 is 2.06 bits per heavy atom. The molecule has 0 radical (unpaired) electrons. The lowest BCUT2D eigenvalue weighted by Gasteiger charge is -2.25. The second-order valence-corrected chi connectivity index (χ2v) is 4.69. The average Bonchev–Trinajstić information content (AvgIpc) is 2.28. The first kappa shape index (κ1) is 13.7. The van der Waals surface area contributed by atoms with Crippen molar-refractivity contribution in [3.8, 4) is 5.75 Å². The van der Waals surface area contributed by atoms with Gasteiger partial charge in [0.1, 0.15) is 5.75 Å². The fraction of sp³-hybridized carbons (Fsp3) is 0.500. The van der Waals surface area contributed by atoms with Crippen LogP contribution in [0.3, 0.4) is 0 Å². The molecule has 0 aliphatic carbocycles. The van der Waals surface area contributed by atoms with Crippen molar-refractivity contribution in [2.45, 2.75) is 33.2 Å². The van der Waals surface area contributed by atoms with Gasteiger partial charge in [-0.3, -0.25) is 4.79 Å². The summed E-state index contributed by atoms with van der Waals surface area (Å²) in [6, 6.07) is 5.65. The predicted octanol–water partition coefficient (Wildman–Crippen LogP) is 2.57. The van der Waals surface area contributed by atoms with Crippen molar-refractivity contribution in [1.29, 1.82) is 0 Å². The van der Waals surface area contributed by atoms with Crippen LogP contribution in [0.2, 0.25) is 0 Å². The molecule has 0 saturated heterocycles. The maximum Gasteiger partial charge on any atom is 0.186 e. The van der Waals surface area contributed by atoms with Crippen molar-refractivity contribution in [3.05, 3.63) is 29.3 Å². The smallest absolute Gasteiger partial charge is 0.186 e. The van der Waals surface area contributed by atoms with Crippen LogP contribution < -0.4 is 10.1 Å². The highest BCUT2D eigenvalue weighted by molar-refractivity contribution is 6.05. The summed E-state index contributed by atoms with van der Waals surface area (Å²) in [6.07, 6.45) is 0. The first-order valence-corrected chi connectivity index (χ1v) is 5.87. The predicted molar refractivity (Wildman–Crippen MR) is 69.8 cm³/mol. The molecule has 3 heteroatoms. The van der Waals surface area contributed by atoms with E-state index in [0.29, 0.717) is 11.3 Å². The van der Waals surface area contributed by atoms with Crippen LogP contribution in [0.4, 0.5) is 0 Å². The van der Waals surface area contributed by atoms with Crippen LogP contribution in [0, 0.1) is 6.92 Å². The third-order valence-electron chi connectivity index (χ3n) is 2.79. The lowest BCUT2D eigenvalue weighted by atomic mass is 9.91. The van der Waals surface area contributed by atoms with E-state index in [0.717, 1.165) is 12.1 Å². The van der Waals surface area contributed by atoms with Gasteiger partial charge < -0.3 is 10.1 Å². The maximum atomic E-state index is 12.4. The Labute approximate surface area is 103 Å². The van der Waals surface area contributed by atoms with Crippen LogP contribution in [0.15, 0.2) is 18.2 Å². The zero-order valence-corrected chi connectivity index (χ0v) is 11.3. The van der Waals surface area contributed by atoms with Crippen LogP contribution in [-0.4, -0.2) is 25.0 Å². The number of hydrogen-bond donors (Lipinski definition) is 1. The van der Waals surface area contributed by atoms with Crippen molar-refractivity contribution in [2.24, 2.45) is 0 Å². The van der Waals surface area contributed by atoms with Gasteiger partial charge in [0.25, 0.3) is 0 Å². The number of carbonyl (C=O) groups is 1. The number of nitrogens with one attached hydrogen (secondary N) is 1. The number of ketones is 1. The van der Waals surface area contributed by atoms with Crippen LogP contribution in [0.25, 0.3) is 0 Å². The molecule has 0 fully saturated rings. The summed E-state index contributed by atoms with van der Waals surface area (Å²) in [7, 11) is 1.59. The number of methoxy groups -OCH3 is 1. The highest BCUT2D eigenvalue weighted by Gasteiger charge is 2.29. The molecule has 0 aliphatic rings. The Hall–Kier alpha value is -1.35. The Morgan fingerprint density at radius 1 is 1.41 bits per heavy atom. The summed E-state index contributed by atoms with van der Waals surface area (Å²) in [5.41, 5.74) is 1.12. The number of Topliss-reactive ketones (excluding diaryl/α,β-unsaturated/α-hetero) is 1. The quantitative estimate of drug-likeness (QED) is 0.797. The summed E-state index contributed by atoms with van der Waals surface area (Å²) < 4.78 is 5.25. The second-order valence-electron chi connectivity index (χ2n) is 4.69. The van der Waals surface area contributed by atoms with Crippen LogP contribution in [-0.2, 0) is 0 Å². The zero-order valence-electron chi connectivity index (χ0n) is 11.3. The molecule has 0 aliphatic heterocycles. The highest BCUT2D eigenvalue weighted by Crippen LogP contribution is 2.24.